The Labute approximate surface area is 373 Å². The van der Waals surface area contributed by atoms with Crippen LogP contribution in [0.4, 0.5) is 27.4 Å². The number of pyridine rings is 3. The molecule has 2 N–H and O–H groups in total. The van der Waals surface area contributed by atoms with Gasteiger partial charge in [0.1, 0.15) is 40.5 Å². The fourth-order valence-corrected chi connectivity index (χ4v) is 7.03. The molecule has 0 spiro atoms. The summed E-state index contributed by atoms with van der Waals surface area (Å²) in [6.07, 6.45) is 9.88. The van der Waals surface area contributed by atoms with Gasteiger partial charge < -0.3 is 29.1 Å². The molecule has 8 rings (SSSR count). The van der Waals surface area contributed by atoms with E-state index < -0.39 is 29.7 Å². The highest BCUT2D eigenvalue weighted by molar-refractivity contribution is 6.62. The lowest BCUT2D eigenvalue weighted by molar-refractivity contribution is 0.00578. The molecule has 0 saturated carbocycles. The summed E-state index contributed by atoms with van der Waals surface area (Å²) in [6.45, 7) is 17.4. The van der Waals surface area contributed by atoms with Gasteiger partial charge in [0.15, 0.2) is 12.1 Å². The first-order chi connectivity index (χ1) is 30.6. The van der Waals surface area contributed by atoms with Crippen molar-refractivity contribution in [1.29, 1.82) is 0 Å². The molecule has 19 heteroatoms. The minimum atomic E-state index is -0.745. The predicted molar refractivity (Wildman–Crippen MR) is 247 cm³/mol. The van der Waals surface area contributed by atoms with Gasteiger partial charge in [-0.25, -0.2) is 29.3 Å². The van der Waals surface area contributed by atoms with Gasteiger partial charge >= 0.3 is 7.12 Å². The molecule has 7 heterocycles. The summed E-state index contributed by atoms with van der Waals surface area (Å²) in [6, 6.07) is 11.3. The highest BCUT2D eigenvalue weighted by Crippen LogP contribution is 2.36. The minimum absolute atomic E-state index is 0.0469. The summed E-state index contributed by atoms with van der Waals surface area (Å²) in [5.41, 5.74) is 0.625. The third kappa shape index (κ3) is 9.37. The molecule has 17 nitrogen and oxygen atoms in total. The van der Waals surface area contributed by atoms with Crippen molar-refractivity contribution in [2.45, 2.75) is 78.9 Å². The molecule has 1 aromatic carbocycles. The van der Waals surface area contributed by atoms with E-state index >= 15 is 4.39 Å². The Morgan fingerprint density at radius 1 is 0.754 bits per heavy atom. The van der Waals surface area contributed by atoms with E-state index in [0.717, 1.165) is 15.7 Å². The van der Waals surface area contributed by atoms with Gasteiger partial charge in [-0.05, 0) is 101 Å². The second-order valence-electron chi connectivity index (χ2n) is 17.7. The summed E-state index contributed by atoms with van der Waals surface area (Å²) < 4.78 is 31.2. The van der Waals surface area contributed by atoms with Crippen molar-refractivity contribution >= 4 is 52.7 Å². The molecule has 0 radical (unpaired) electrons. The van der Waals surface area contributed by atoms with Gasteiger partial charge in [0.25, 0.3) is 16.7 Å². The maximum Gasteiger partial charge on any atom is 0.496 e. The molecule has 1 aliphatic rings. The van der Waals surface area contributed by atoms with Crippen molar-refractivity contribution in [2.24, 2.45) is 14.1 Å². The third-order valence-corrected chi connectivity index (χ3v) is 11.3. The number of carbonyl (C=O) groups excluding carboxylic acids is 1. The topological polar surface area (TPSA) is 203 Å². The van der Waals surface area contributed by atoms with Gasteiger partial charge in [-0.3, -0.25) is 19.2 Å². The van der Waals surface area contributed by atoms with Gasteiger partial charge in [-0.15, -0.1) is 0 Å². The van der Waals surface area contributed by atoms with Crippen LogP contribution in [0.25, 0.3) is 27.7 Å². The smallest absolute Gasteiger partial charge is 0.399 e. The largest absolute Gasteiger partial charge is 0.496 e. The molecule has 1 saturated heterocycles. The number of hydrogen-bond acceptors (Lipinski definition) is 14. The van der Waals surface area contributed by atoms with Crippen LogP contribution in [0.15, 0.2) is 94.0 Å². The van der Waals surface area contributed by atoms with Crippen molar-refractivity contribution in [3.8, 4) is 16.9 Å². The lowest BCUT2D eigenvalue weighted by Gasteiger charge is -2.32. The lowest BCUT2D eigenvalue weighted by atomic mass is 9.80. The Morgan fingerprint density at radius 2 is 1.31 bits per heavy atom. The van der Waals surface area contributed by atoms with Gasteiger partial charge in [-0.2, -0.15) is 9.78 Å². The predicted octanol–water partition coefficient (Wildman–Crippen LogP) is 5.76. The van der Waals surface area contributed by atoms with E-state index in [2.05, 4.69) is 40.7 Å². The summed E-state index contributed by atoms with van der Waals surface area (Å²) in [4.78, 5) is 72.1. The number of benzene rings is 1. The van der Waals surface area contributed by atoms with Gasteiger partial charge in [0.2, 0.25) is 0 Å². The van der Waals surface area contributed by atoms with E-state index in [-0.39, 0.29) is 39.0 Å². The molecule has 65 heavy (non-hydrogen) atoms. The van der Waals surface area contributed by atoms with Crippen LogP contribution < -0.4 is 32.8 Å². The van der Waals surface area contributed by atoms with Crippen molar-refractivity contribution < 1.29 is 18.5 Å². The summed E-state index contributed by atoms with van der Waals surface area (Å²) in [7, 11) is 2.74. The number of carbonyl (C=O) groups is 1. The molecular formula is C46H49BFN11O6. The number of rotatable bonds is 8. The Morgan fingerprint density at radius 3 is 1.86 bits per heavy atom. The highest BCUT2D eigenvalue weighted by Gasteiger charge is 2.52. The first kappa shape index (κ1) is 45.8. The van der Waals surface area contributed by atoms with Gasteiger partial charge in [-0.1, -0.05) is 20.8 Å². The molecule has 334 valence electrons. The van der Waals surface area contributed by atoms with Crippen LogP contribution >= 0.6 is 0 Å². The zero-order chi connectivity index (χ0) is 47.2. The molecule has 0 atom stereocenters. The van der Waals surface area contributed by atoms with Crippen molar-refractivity contribution in [3.63, 3.8) is 0 Å². The summed E-state index contributed by atoms with van der Waals surface area (Å²) >= 11 is 0. The van der Waals surface area contributed by atoms with Gasteiger partial charge in [0, 0.05) is 61.5 Å². The standard InChI is InChI=1S/C29H26FN7O3.C17H23BN4O3/c1-16-31-9-7-24(34-16)35-23-11-18(14-36(5)27(23)39)20-6-8-32-26(21(20)15-38)37-28(40)25-17(13-33-37)10-19(12-22(25)30)29(2,3)4;1-11-19-8-7-14(20-11)21-13-9-12(10-22(6)15(13)23)18-24-16(2,3)17(4,5)25-18/h6-15H,1-5H3,(H,31,34,35);7-10H,1-6H3,(H,19,20,21). The first-order valence-electron chi connectivity index (χ1n) is 20.6. The van der Waals surface area contributed by atoms with Crippen LogP contribution in [-0.4, -0.2) is 68.4 Å². The Bertz CT molecular complexity index is 3160. The van der Waals surface area contributed by atoms with Gasteiger partial charge in [0.05, 0.1) is 28.3 Å². The number of fused-ring (bicyclic) bond motifs is 1. The highest BCUT2D eigenvalue weighted by atomic mass is 19.1. The SMILES string of the molecule is Cc1nccc(Nc2cc(-c3ccnc(-n4ncc5cc(C(C)(C)C)cc(F)c5c4=O)c3C=O)cn(C)c2=O)n1.Cc1nccc(Nc2cc(B3OC(C)(C)C(C)(C)O3)cn(C)c2=O)n1. The number of anilines is 4. The van der Waals surface area contributed by atoms with E-state index in [1.165, 1.54) is 27.6 Å². The molecule has 1 aliphatic heterocycles. The van der Waals surface area contributed by atoms with Crippen LogP contribution in [-0.2, 0) is 28.8 Å². The summed E-state index contributed by atoms with van der Waals surface area (Å²) in [5.74, 6) is 1.41. The monoisotopic (exact) mass is 881 g/mol. The number of nitrogens with zero attached hydrogens (tertiary/aromatic N) is 9. The van der Waals surface area contributed by atoms with Crippen LogP contribution in [0.2, 0.25) is 0 Å². The number of nitrogens with one attached hydrogen (secondary N) is 2. The maximum absolute atomic E-state index is 15.2. The molecule has 0 amide bonds. The average Bonchev–Trinajstić information content (AvgIpc) is 3.46. The van der Waals surface area contributed by atoms with Crippen LogP contribution in [0, 0.1) is 19.7 Å². The molecule has 6 aromatic heterocycles. The number of aryl methyl sites for hydroxylation is 4. The number of hydrogen-bond donors (Lipinski definition) is 2. The number of halogens is 1. The fraction of sp³-hybridized carbons (Fsp3) is 0.304. The van der Waals surface area contributed by atoms with Crippen LogP contribution in [0.3, 0.4) is 0 Å². The fourth-order valence-electron chi connectivity index (χ4n) is 7.03. The molecule has 0 bridgehead atoms. The second-order valence-corrected chi connectivity index (χ2v) is 17.7. The molecule has 1 fully saturated rings. The minimum Gasteiger partial charge on any atom is -0.399 e. The summed E-state index contributed by atoms with van der Waals surface area (Å²) in [5, 5.41) is 10.5. The maximum atomic E-state index is 15.2. The number of aromatic nitrogens is 9. The Kier molecular flexibility index (Phi) is 12.2. The van der Waals surface area contributed by atoms with Crippen molar-refractivity contribution in [1.82, 2.24) is 43.8 Å². The van der Waals surface area contributed by atoms with E-state index in [1.807, 2.05) is 48.5 Å². The van der Waals surface area contributed by atoms with Crippen LogP contribution in [0.1, 0.15) is 76.0 Å². The molecule has 0 aliphatic carbocycles. The van der Waals surface area contributed by atoms with Crippen molar-refractivity contribution in [2.75, 3.05) is 10.6 Å². The van der Waals surface area contributed by atoms with Crippen molar-refractivity contribution in [3.05, 3.63) is 139 Å². The third-order valence-electron chi connectivity index (χ3n) is 11.3. The zero-order valence-electron chi connectivity index (χ0n) is 38.0. The average molecular weight is 882 g/mol. The molecule has 0 unspecified atom stereocenters. The number of aldehydes is 1. The normalized spacial score (nSPS) is 14.2. The quantitative estimate of drug-likeness (QED) is 0.138. The molecular weight excluding hydrogens is 832 g/mol. The molecule has 7 aromatic rings. The Hall–Kier alpha value is -7.25. The first-order valence-corrected chi connectivity index (χ1v) is 20.6. The Balaban J connectivity index is 0.000000216. The van der Waals surface area contributed by atoms with E-state index in [0.29, 0.717) is 51.8 Å². The van der Waals surface area contributed by atoms with Crippen LogP contribution in [0.5, 0.6) is 0 Å². The lowest BCUT2D eigenvalue weighted by Crippen LogP contribution is -2.41. The van der Waals surface area contributed by atoms with E-state index in [4.69, 9.17) is 9.31 Å². The van der Waals surface area contributed by atoms with E-state index in [1.54, 1.807) is 89.1 Å². The second kappa shape index (κ2) is 17.4. The van der Waals surface area contributed by atoms with E-state index in [9.17, 15) is 19.2 Å². The zero-order valence-corrected chi connectivity index (χ0v) is 38.0.